The molecule has 8 N–H and O–H groups in total. The first-order chi connectivity index (χ1) is 21.4. The summed E-state index contributed by atoms with van der Waals surface area (Å²) in [5, 5.41) is 11.5. The van der Waals surface area contributed by atoms with E-state index in [9.17, 15) is 19.2 Å². The van der Waals surface area contributed by atoms with Gasteiger partial charge in [-0.3, -0.25) is 24.2 Å². The maximum Gasteiger partial charge on any atom is 0.244 e. The lowest BCUT2D eigenvalue weighted by Crippen LogP contribution is -2.57. The smallest absolute Gasteiger partial charge is 0.244 e. The van der Waals surface area contributed by atoms with E-state index < -0.39 is 18.0 Å². The number of nitrogens with two attached hydrogens (primary N) is 2. The van der Waals surface area contributed by atoms with Crippen LogP contribution < -0.4 is 32.7 Å². The van der Waals surface area contributed by atoms with Crippen molar-refractivity contribution in [1.29, 1.82) is 0 Å². The number of amides is 4. The van der Waals surface area contributed by atoms with Crippen molar-refractivity contribution < 1.29 is 19.2 Å². The van der Waals surface area contributed by atoms with Crippen molar-refractivity contribution in [3.05, 3.63) is 77.9 Å². The van der Waals surface area contributed by atoms with Crippen LogP contribution >= 0.6 is 0 Å². The molecule has 0 aliphatic carbocycles. The Morgan fingerprint density at radius 1 is 0.822 bits per heavy atom. The van der Waals surface area contributed by atoms with Crippen molar-refractivity contribution in [2.24, 2.45) is 28.3 Å². The van der Waals surface area contributed by atoms with Gasteiger partial charge in [0.2, 0.25) is 23.6 Å². The van der Waals surface area contributed by atoms with Crippen LogP contribution in [0, 0.1) is 11.8 Å². The lowest BCUT2D eigenvalue weighted by molar-refractivity contribution is -0.132. The van der Waals surface area contributed by atoms with E-state index >= 15 is 0 Å². The Labute approximate surface area is 266 Å². The molecule has 2 rings (SSSR count). The van der Waals surface area contributed by atoms with Crippen LogP contribution in [0.5, 0.6) is 0 Å². The zero-order valence-corrected chi connectivity index (χ0v) is 26.8. The van der Waals surface area contributed by atoms with E-state index in [1.165, 1.54) is 6.08 Å². The molecule has 0 unspecified atom stereocenters. The minimum Gasteiger partial charge on any atom is -0.370 e. The molecule has 244 valence electrons. The molecule has 0 bridgehead atoms. The van der Waals surface area contributed by atoms with E-state index in [1.54, 1.807) is 6.08 Å². The second-order valence-electron chi connectivity index (χ2n) is 11.8. The van der Waals surface area contributed by atoms with Crippen LogP contribution in [0.1, 0.15) is 58.1 Å². The van der Waals surface area contributed by atoms with Crippen LogP contribution in [0.15, 0.2) is 71.7 Å². The van der Waals surface area contributed by atoms with Gasteiger partial charge in [0.15, 0.2) is 5.96 Å². The minimum atomic E-state index is -0.894. The van der Waals surface area contributed by atoms with E-state index in [1.807, 2.05) is 88.4 Å². The fraction of sp³-hybridized carbons (Fsp3) is 0.441. The van der Waals surface area contributed by atoms with Gasteiger partial charge in [-0.25, -0.2) is 0 Å². The molecule has 2 aromatic carbocycles. The third kappa shape index (κ3) is 15.1. The molecule has 11 heteroatoms. The summed E-state index contributed by atoms with van der Waals surface area (Å²) in [5.74, 6) is -1.38. The van der Waals surface area contributed by atoms with Crippen LogP contribution in [-0.4, -0.2) is 60.8 Å². The number of hydrogen-bond donors (Lipinski definition) is 6. The summed E-state index contributed by atoms with van der Waals surface area (Å²) in [6, 6.07) is 16.6. The highest BCUT2D eigenvalue weighted by molar-refractivity contribution is 5.93. The molecule has 0 heterocycles. The standard InChI is InChI=1S/C34H49N7O4/c1-23(2)20-28(33(45)41-29(24(3)4)22-38-30(42)18-17-25-12-7-5-8-13-25)40-32(44)27(16-11-19-37-34(35)36)39-31(43)21-26-14-9-6-10-15-26/h5-10,12-15,17-18,23-24,27-29H,11,16,19-22H2,1-4H3,(H,38,42)(H,39,43)(H,40,44)(H,41,45)(H4,35,36,37)/b18-17+/t27-,28+,29-/m1/s1. The Kier molecular flexibility index (Phi) is 15.9. The highest BCUT2D eigenvalue weighted by atomic mass is 16.2. The van der Waals surface area contributed by atoms with Crippen molar-refractivity contribution in [3.8, 4) is 0 Å². The van der Waals surface area contributed by atoms with E-state index in [4.69, 9.17) is 11.5 Å². The third-order valence-corrected chi connectivity index (χ3v) is 7.00. The number of carbonyl (C=O) groups excluding carboxylic acids is 4. The molecule has 0 aromatic heterocycles. The lowest BCUT2D eigenvalue weighted by atomic mass is 9.99. The highest BCUT2D eigenvalue weighted by Crippen LogP contribution is 2.10. The lowest BCUT2D eigenvalue weighted by Gasteiger charge is -2.28. The molecule has 0 radical (unpaired) electrons. The highest BCUT2D eigenvalue weighted by Gasteiger charge is 2.29. The molecule has 4 amide bonds. The SMILES string of the molecule is CC(C)C[C@H](NC(=O)[C@@H](CCCN=C(N)N)NC(=O)Cc1ccccc1)C(=O)N[C@H](CNC(=O)/C=C/c1ccccc1)C(C)C. The summed E-state index contributed by atoms with van der Waals surface area (Å²) < 4.78 is 0. The van der Waals surface area contributed by atoms with E-state index in [0.29, 0.717) is 19.4 Å². The molecule has 0 fully saturated rings. The van der Waals surface area contributed by atoms with Gasteiger partial charge in [-0.15, -0.1) is 0 Å². The van der Waals surface area contributed by atoms with Crippen LogP contribution in [0.2, 0.25) is 0 Å². The Balaban J connectivity index is 2.08. The van der Waals surface area contributed by atoms with Crippen LogP contribution in [-0.2, 0) is 25.6 Å². The molecule has 11 nitrogen and oxygen atoms in total. The Hall–Kier alpha value is -4.67. The molecule has 45 heavy (non-hydrogen) atoms. The maximum absolute atomic E-state index is 13.5. The van der Waals surface area contributed by atoms with Crippen molar-refractivity contribution in [2.75, 3.05) is 13.1 Å². The van der Waals surface area contributed by atoms with Crippen molar-refractivity contribution >= 4 is 35.7 Å². The second-order valence-corrected chi connectivity index (χ2v) is 11.8. The summed E-state index contributed by atoms with van der Waals surface area (Å²) in [6.07, 6.45) is 4.38. The van der Waals surface area contributed by atoms with E-state index in [-0.39, 0.29) is 60.9 Å². The Morgan fingerprint density at radius 2 is 1.44 bits per heavy atom. The summed E-state index contributed by atoms with van der Waals surface area (Å²) >= 11 is 0. The number of nitrogens with one attached hydrogen (secondary N) is 4. The third-order valence-electron chi connectivity index (χ3n) is 7.00. The predicted octanol–water partition coefficient (Wildman–Crippen LogP) is 2.27. The molecule has 0 saturated carbocycles. The van der Waals surface area contributed by atoms with Gasteiger partial charge >= 0.3 is 0 Å². The van der Waals surface area contributed by atoms with Gasteiger partial charge in [0.1, 0.15) is 12.1 Å². The molecule has 0 saturated heterocycles. The number of hydrogen-bond acceptors (Lipinski definition) is 5. The fourth-order valence-corrected chi connectivity index (χ4v) is 4.52. The van der Waals surface area contributed by atoms with Crippen LogP contribution in [0.4, 0.5) is 0 Å². The number of carbonyl (C=O) groups is 4. The van der Waals surface area contributed by atoms with Crippen LogP contribution in [0.3, 0.4) is 0 Å². The minimum absolute atomic E-state index is 0.00307. The first-order valence-electron chi connectivity index (χ1n) is 15.4. The van der Waals surface area contributed by atoms with Gasteiger partial charge in [-0.2, -0.15) is 0 Å². The number of nitrogens with zero attached hydrogens (tertiary/aromatic N) is 1. The molecule has 2 aromatic rings. The average Bonchev–Trinajstić information content (AvgIpc) is 2.99. The van der Waals surface area contributed by atoms with Gasteiger partial charge in [-0.05, 0) is 48.3 Å². The van der Waals surface area contributed by atoms with E-state index in [0.717, 1.165) is 11.1 Å². The summed E-state index contributed by atoms with van der Waals surface area (Å²) in [7, 11) is 0. The molecule has 0 aliphatic heterocycles. The molecular weight excluding hydrogens is 570 g/mol. The van der Waals surface area contributed by atoms with Crippen molar-refractivity contribution in [3.63, 3.8) is 0 Å². The monoisotopic (exact) mass is 619 g/mol. The fourth-order valence-electron chi connectivity index (χ4n) is 4.52. The summed E-state index contributed by atoms with van der Waals surface area (Å²) in [5.41, 5.74) is 12.6. The molecule has 3 atom stereocenters. The van der Waals surface area contributed by atoms with Crippen molar-refractivity contribution in [1.82, 2.24) is 21.3 Å². The predicted molar refractivity (Wildman–Crippen MR) is 179 cm³/mol. The Morgan fingerprint density at radius 3 is 2.04 bits per heavy atom. The maximum atomic E-state index is 13.5. The van der Waals surface area contributed by atoms with E-state index in [2.05, 4.69) is 26.3 Å². The first-order valence-corrected chi connectivity index (χ1v) is 15.4. The number of guanidine groups is 1. The largest absolute Gasteiger partial charge is 0.370 e. The van der Waals surface area contributed by atoms with Gasteiger partial charge in [0, 0.05) is 25.2 Å². The van der Waals surface area contributed by atoms with Crippen molar-refractivity contribution in [2.45, 2.75) is 71.5 Å². The Bertz CT molecular complexity index is 1280. The summed E-state index contributed by atoms with van der Waals surface area (Å²) in [4.78, 5) is 56.3. The van der Waals surface area contributed by atoms with Gasteiger partial charge in [0.25, 0.3) is 0 Å². The first kappa shape index (κ1) is 36.5. The second kappa shape index (κ2) is 19.6. The number of aliphatic imine (C=N–C) groups is 1. The molecular formula is C34H49N7O4. The number of benzene rings is 2. The normalized spacial score (nSPS) is 13.1. The van der Waals surface area contributed by atoms with Crippen LogP contribution in [0.25, 0.3) is 6.08 Å². The number of rotatable bonds is 18. The molecule has 0 spiro atoms. The van der Waals surface area contributed by atoms with Gasteiger partial charge in [0.05, 0.1) is 6.42 Å². The topological polar surface area (TPSA) is 181 Å². The average molecular weight is 620 g/mol. The zero-order chi connectivity index (χ0) is 33.2. The van der Waals surface area contributed by atoms with Gasteiger partial charge < -0.3 is 32.7 Å². The molecule has 0 aliphatic rings. The quantitative estimate of drug-likeness (QED) is 0.0644. The van der Waals surface area contributed by atoms with Gasteiger partial charge in [-0.1, -0.05) is 88.4 Å². The zero-order valence-electron chi connectivity index (χ0n) is 26.8. The summed E-state index contributed by atoms with van der Waals surface area (Å²) in [6.45, 7) is 8.31.